The lowest BCUT2D eigenvalue weighted by Crippen LogP contribution is -2.35. The van der Waals surface area contributed by atoms with E-state index in [9.17, 15) is 22.0 Å². The van der Waals surface area contributed by atoms with E-state index in [1.807, 2.05) is 6.92 Å². The maximum Gasteiger partial charge on any atom is 0.258 e. The van der Waals surface area contributed by atoms with Gasteiger partial charge in [0.15, 0.2) is 0 Å². The van der Waals surface area contributed by atoms with Crippen molar-refractivity contribution in [2.45, 2.75) is 83.5 Å². The Hall–Kier alpha value is -2.82. The van der Waals surface area contributed by atoms with E-state index in [1.54, 1.807) is 31.2 Å². The van der Waals surface area contributed by atoms with Crippen LogP contribution in [0.2, 0.25) is 0 Å². The van der Waals surface area contributed by atoms with Gasteiger partial charge in [-0.2, -0.15) is 0 Å². The summed E-state index contributed by atoms with van der Waals surface area (Å²) in [6.45, 7) is 5.20. The number of benzene rings is 1. The highest BCUT2D eigenvalue weighted by molar-refractivity contribution is 7.92. The van der Waals surface area contributed by atoms with Gasteiger partial charge in [-0.15, -0.1) is 0 Å². The third-order valence-corrected chi connectivity index (χ3v) is 9.80. The first-order chi connectivity index (χ1) is 18.5. The summed E-state index contributed by atoms with van der Waals surface area (Å²) in [6, 6.07) is 6.67. The minimum Gasteiger partial charge on any atom is -0.371 e. The normalized spacial score (nSPS) is 20.6. The van der Waals surface area contributed by atoms with Crippen LogP contribution < -0.4 is 14.9 Å². The third kappa shape index (κ3) is 6.67. The number of hydrogen-bond acceptors (Lipinski definition) is 6. The van der Waals surface area contributed by atoms with Crippen LogP contribution in [0.25, 0.3) is 0 Å². The lowest BCUT2D eigenvalue weighted by molar-refractivity contribution is -0.0387. The topological polar surface area (TPSA) is 104 Å². The van der Waals surface area contributed by atoms with Crippen molar-refractivity contribution >= 4 is 33.1 Å². The molecule has 3 fully saturated rings. The van der Waals surface area contributed by atoms with Crippen molar-refractivity contribution in [1.82, 2.24) is 9.97 Å². The zero-order chi connectivity index (χ0) is 27.8. The summed E-state index contributed by atoms with van der Waals surface area (Å²) < 4.78 is 54.8. The van der Waals surface area contributed by atoms with Crippen LogP contribution in [0.3, 0.4) is 0 Å². The van der Waals surface area contributed by atoms with Crippen LogP contribution >= 0.6 is 0 Å². The van der Waals surface area contributed by atoms with Gasteiger partial charge in [0.25, 0.3) is 5.91 Å². The molecule has 1 aliphatic heterocycles. The lowest BCUT2D eigenvalue weighted by Gasteiger charge is -2.35. The number of alkyl halides is 2. The van der Waals surface area contributed by atoms with Crippen LogP contribution in [0.5, 0.6) is 0 Å². The van der Waals surface area contributed by atoms with Gasteiger partial charge in [-0.1, -0.05) is 6.92 Å². The Morgan fingerprint density at radius 3 is 2.38 bits per heavy atom. The fourth-order valence-corrected chi connectivity index (χ4v) is 6.89. The molecule has 1 spiro atoms. The number of carbonyl (C=O) groups is 1. The van der Waals surface area contributed by atoms with E-state index in [0.29, 0.717) is 59.0 Å². The van der Waals surface area contributed by atoms with Crippen LogP contribution in [-0.2, 0) is 10.0 Å². The molecule has 0 atom stereocenters. The Kier molecular flexibility index (Phi) is 7.56. The number of carbonyl (C=O) groups excluding carboxylic acids is 1. The molecule has 2 heterocycles. The first kappa shape index (κ1) is 27.7. The third-order valence-electron chi connectivity index (χ3n) is 8.31. The van der Waals surface area contributed by atoms with Gasteiger partial charge in [-0.05, 0) is 75.5 Å². The average Bonchev–Trinajstić information content (AvgIpc) is 3.62. The molecular formula is C28H37F2N5O3S. The second-order valence-corrected chi connectivity index (χ2v) is 13.3. The van der Waals surface area contributed by atoms with Crippen LogP contribution in [0, 0.1) is 12.3 Å². The number of aromatic nitrogens is 2. The number of hydrogen-bond donors (Lipinski definition) is 2. The van der Waals surface area contributed by atoms with Crippen molar-refractivity contribution in [1.29, 1.82) is 0 Å². The molecule has 8 nitrogen and oxygen atoms in total. The minimum absolute atomic E-state index is 0.0187. The summed E-state index contributed by atoms with van der Waals surface area (Å²) in [5.74, 6) is -2.35. The Bertz CT molecular complexity index is 1330. The number of anilines is 3. The van der Waals surface area contributed by atoms with E-state index >= 15 is 0 Å². The van der Waals surface area contributed by atoms with Gasteiger partial charge in [-0.3, -0.25) is 9.52 Å². The highest BCUT2D eigenvalue weighted by atomic mass is 32.2. The molecule has 212 valence electrons. The van der Waals surface area contributed by atoms with Gasteiger partial charge in [0.05, 0.1) is 22.7 Å². The highest BCUT2D eigenvalue weighted by Crippen LogP contribution is 2.54. The van der Waals surface area contributed by atoms with Crippen molar-refractivity contribution in [2.75, 3.05) is 33.8 Å². The molecule has 2 aromatic rings. The SMILES string of the molecule is CCCS(=O)(=O)Nc1ccc(C(=O)Nc2cc(C)nc(C3CCC(F)(F)CC3)n2)c(N2CCC3(CC2)CC3)c1. The molecule has 5 rings (SSSR count). The molecule has 1 amide bonds. The van der Waals surface area contributed by atoms with Crippen molar-refractivity contribution in [3.05, 3.63) is 41.3 Å². The van der Waals surface area contributed by atoms with Gasteiger partial charge in [0.2, 0.25) is 15.9 Å². The first-order valence-electron chi connectivity index (χ1n) is 13.9. The van der Waals surface area contributed by atoms with Crippen molar-refractivity contribution in [3.63, 3.8) is 0 Å². The summed E-state index contributed by atoms with van der Waals surface area (Å²) >= 11 is 0. The largest absolute Gasteiger partial charge is 0.371 e. The zero-order valence-electron chi connectivity index (χ0n) is 22.6. The van der Waals surface area contributed by atoms with Crippen LogP contribution in [0.15, 0.2) is 24.3 Å². The summed E-state index contributed by atoms with van der Waals surface area (Å²) in [4.78, 5) is 24.7. The Morgan fingerprint density at radius 2 is 1.74 bits per heavy atom. The van der Waals surface area contributed by atoms with E-state index in [2.05, 4.69) is 24.9 Å². The van der Waals surface area contributed by atoms with E-state index in [1.165, 1.54) is 12.8 Å². The standard InChI is InChI=1S/C28H37F2N5O3S/c1-3-16-39(37,38)34-21-4-5-22(23(18-21)35-14-12-27(10-11-27)13-15-35)26(36)33-24-17-19(2)31-25(32-24)20-6-8-28(29,30)9-7-20/h4-5,17-18,20,34H,3,6-16H2,1-2H3,(H,31,32,33,36). The molecule has 1 saturated heterocycles. The number of halogens is 2. The number of rotatable bonds is 8. The average molecular weight is 562 g/mol. The van der Waals surface area contributed by atoms with Gasteiger partial charge in [-0.25, -0.2) is 27.2 Å². The summed E-state index contributed by atoms with van der Waals surface area (Å²) in [7, 11) is -3.48. The molecule has 39 heavy (non-hydrogen) atoms. The van der Waals surface area contributed by atoms with E-state index in [0.717, 1.165) is 25.9 Å². The fourth-order valence-electron chi connectivity index (χ4n) is 5.77. The smallest absolute Gasteiger partial charge is 0.258 e. The molecule has 3 aliphatic rings. The second kappa shape index (κ2) is 10.6. The molecule has 2 aliphatic carbocycles. The Balaban J connectivity index is 1.39. The molecule has 1 aromatic heterocycles. The van der Waals surface area contributed by atoms with Gasteiger partial charge in [0.1, 0.15) is 11.6 Å². The summed E-state index contributed by atoms with van der Waals surface area (Å²) in [5, 5.41) is 2.89. The minimum atomic E-state index is -3.48. The molecule has 0 bridgehead atoms. The number of aryl methyl sites for hydroxylation is 1. The maximum absolute atomic E-state index is 13.7. The maximum atomic E-state index is 13.7. The number of piperidine rings is 1. The van der Waals surface area contributed by atoms with Gasteiger partial charge >= 0.3 is 0 Å². The predicted octanol–water partition coefficient (Wildman–Crippen LogP) is 5.86. The second-order valence-electron chi connectivity index (χ2n) is 11.5. The Labute approximate surface area is 229 Å². The summed E-state index contributed by atoms with van der Waals surface area (Å²) in [6.07, 6.45) is 5.33. The first-order valence-corrected chi connectivity index (χ1v) is 15.6. The molecule has 2 N–H and O–H groups in total. The predicted molar refractivity (Wildman–Crippen MR) is 148 cm³/mol. The van der Waals surface area contributed by atoms with Crippen LogP contribution in [-0.4, -0.2) is 49.1 Å². The van der Waals surface area contributed by atoms with E-state index in [-0.39, 0.29) is 30.4 Å². The van der Waals surface area contributed by atoms with E-state index in [4.69, 9.17) is 0 Å². The van der Waals surface area contributed by atoms with Gasteiger partial charge < -0.3 is 10.2 Å². The molecule has 0 unspecified atom stereocenters. The number of nitrogens with one attached hydrogen (secondary N) is 2. The monoisotopic (exact) mass is 561 g/mol. The molecular weight excluding hydrogens is 524 g/mol. The number of nitrogens with zero attached hydrogens (tertiary/aromatic N) is 3. The van der Waals surface area contributed by atoms with Crippen LogP contribution in [0.4, 0.5) is 26.0 Å². The van der Waals surface area contributed by atoms with E-state index < -0.39 is 15.9 Å². The van der Waals surface area contributed by atoms with Crippen LogP contribution in [0.1, 0.15) is 92.5 Å². The molecule has 0 radical (unpaired) electrons. The number of amides is 1. The van der Waals surface area contributed by atoms with Gasteiger partial charge in [0, 0.05) is 43.6 Å². The molecule has 1 aromatic carbocycles. The quantitative estimate of drug-likeness (QED) is 0.418. The van der Waals surface area contributed by atoms with Crippen molar-refractivity contribution in [2.24, 2.45) is 5.41 Å². The van der Waals surface area contributed by atoms with Crippen molar-refractivity contribution < 1.29 is 22.0 Å². The summed E-state index contributed by atoms with van der Waals surface area (Å²) in [5.41, 5.74) is 2.63. The molecule has 11 heteroatoms. The fraction of sp³-hybridized carbons (Fsp3) is 0.607. The number of sulfonamides is 1. The Morgan fingerprint density at radius 1 is 1.05 bits per heavy atom. The van der Waals surface area contributed by atoms with Crippen molar-refractivity contribution in [3.8, 4) is 0 Å². The molecule has 2 saturated carbocycles. The lowest BCUT2D eigenvalue weighted by atomic mass is 9.86. The highest BCUT2D eigenvalue weighted by Gasteiger charge is 2.44. The zero-order valence-corrected chi connectivity index (χ0v) is 23.4.